The molecule has 2 aliphatic carbocycles. The Labute approximate surface area is 198 Å². The fourth-order valence-corrected chi connectivity index (χ4v) is 4.23. The molecule has 0 aliphatic heterocycles. The molecule has 0 unspecified atom stereocenters. The van der Waals surface area contributed by atoms with Crippen molar-refractivity contribution in [3.63, 3.8) is 0 Å². The van der Waals surface area contributed by atoms with Crippen LogP contribution in [0.3, 0.4) is 0 Å². The Morgan fingerprint density at radius 3 is 1.97 bits per heavy atom. The summed E-state index contributed by atoms with van der Waals surface area (Å²) < 4.78 is 21.2. The first-order valence-corrected chi connectivity index (χ1v) is 11.5. The van der Waals surface area contributed by atoms with Crippen LogP contribution in [0.4, 0.5) is 0 Å². The molecule has 0 saturated heterocycles. The molecule has 2 aliphatic rings. The molecule has 0 radical (unpaired) electrons. The third-order valence-corrected chi connectivity index (χ3v) is 6.27. The van der Waals surface area contributed by atoms with Crippen LogP contribution in [0.1, 0.15) is 61.7 Å². The summed E-state index contributed by atoms with van der Waals surface area (Å²) in [5.74, 6) is -2.23. The Balaban J connectivity index is 1.36. The predicted molar refractivity (Wildman–Crippen MR) is 119 cm³/mol. The van der Waals surface area contributed by atoms with Crippen molar-refractivity contribution >= 4 is 23.9 Å². The van der Waals surface area contributed by atoms with Crippen LogP contribution >= 0.6 is 0 Å². The van der Waals surface area contributed by atoms with E-state index in [-0.39, 0.29) is 36.8 Å². The summed E-state index contributed by atoms with van der Waals surface area (Å²) in [4.78, 5) is 46.9. The second-order valence-corrected chi connectivity index (χ2v) is 8.58. The summed E-state index contributed by atoms with van der Waals surface area (Å²) in [5.41, 5.74) is 0.376. The lowest BCUT2D eigenvalue weighted by Gasteiger charge is -2.30. The van der Waals surface area contributed by atoms with Gasteiger partial charge in [-0.3, -0.25) is 9.59 Å². The number of carbonyl (C=O) groups is 4. The fourth-order valence-electron chi connectivity index (χ4n) is 4.23. The summed E-state index contributed by atoms with van der Waals surface area (Å²) in [5, 5.41) is 9.08. The van der Waals surface area contributed by atoms with Crippen LogP contribution in [-0.4, -0.2) is 48.0 Å². The first kappa shape index (κ1) is 25.3. The monoisotopic (exact) mass is 474 g/mol. The van der Waals surface area contributed by atoms with Crippen LogP contribution < -0.4 is 4.74 Å². The third kappa shape index (κ3) is 7.33. The molecule has 0 atom stereocenters. The maximum atomic E-state index is 12.4. The number of benzene rings is 1. The Morgan fingerprint density at radius 2 is 1.41 bits per heavy atom. The summed E-state index contributed by atoms with van der Waals surface area (Å²) in [7, 11) is 0. The molecular formula is C25H30O9. The Hall–Kier alpha value is -3.36. The van der Waals surface area contributed by atoms with Crippen molar-refractivity contribution in [2.75, 3.05) is 6.79 Å². The largest absolute Gasteiger partial charge is 0.481 e. The van der Waals surface area contributed by atoms with Crippen molar-refractivity contribution in [3.05, 3.63) is 42.5 Å². The number of ether oxygens (including phenoxy) is 4. The number of carbonyl (C=O) groups excluding carboxylic acids is 3. The molecule has 0 spiro atoms. The summed E-state index contributed by atoms with van der Waals surface area (Å²) >= 11 is 0. The molecule has 2 saturated carbocycles. The van der Waals surface area contributed by atoms with Gasteiger partial charge in [0.15, 0.2) is 0 Å². The van der Waals surface area contributed by atoms with Gasteiger partial charge in [-0.25, -0.2) is 9.59 Å². The summed E-state index contributed by atoms with van der Waals surface area (Å²) in [6.07, 6.45) is 5.13. The number of carboxylic acids is 1. The number of esters is 3. The highest BCUT2D eigenvalue weighted by atomic mass is 16.7. The van der Waals surface area contributed by atoms with Gasteiger partial charge in [0.1, 0.15) is 18.0 Å². The van der Waals surface area contributed by atoms with Gasteiger partial charge in [-0.05, 0) is 75.6 Å². The zero-order valence-corrected chi connectivity index (χ0v) is 19.0. The lowest BCUT2D eigenvalue weighted by molar-refractivity contribution is -0.159. The van der Waals surface area contributed by atoms with Gasteiger partial charge in [0.05, 0.1) is 17.4 Å². The molecular weight excluding hydrogens is 444 g/mol. The van der Waals surface area contributed by atoms with E-state index in [0.29, 0.717) is 62.7 Å². The average Bonchev–Trinajstić information content (AvgIpc) is 2.85. The van der Waals surface area contributed by atoms with E-state index in [1.807, 2.05) is 0 Å². The fraction of sp³-hybridized carbons (Fsp3) is 0.520. The van der Waals surface area contributed by atoms with Crippen LogP contribution in [0.15, 0.2) is 36.9 Å². The predicted octanol–water partition coefficient (Wildman–Crippen LogP) is 3.65. The van der Waals surface area contributed by atoms with Crippen LogP contribution in [0.5, 0.6) is 5.75 Å². The molecule has 0 heterocycles. The number of hydrogen-bond donors (Lipinski definition) is 1. The molecule has 1 aromatic rings. The first-order valence-electron chi connectivity index (χ1n) is 11.5. The van der Waals surface area contributed by atoms with Crippen molar-refractivity contribution < 1.29 is 43.2 Å². The Kier molecular flexibility index (Phi) is 9.07. The Morgan fingerprint density at radius 1 is 0.853 bits per heavy atom. The highest BCUT2D eigenvalue weighted by Gasteiger charge is 2.33. The van der Waals surface area contributed by atoms with Gasteiger partial charge in [0, 0.05) is 6.08 Å². The normalized spacial score (nSPS) is 24.4. The van der Waals surface area contributed by atoms with Gasteiger partial charge in [0.25, 0.3) is 0 Å². The van der Waals surface area contributed by atoms with Gasteiger partial charge in [-0.1, -0.05) is 6.58 Å². The Bertz CT molecular complexity index is 876. The van der Waals surface area contributed by atoms with Crippen LogP contribution in [0, 0.1) is 11.8 Å². The van der Waals surface area contributed by atoms with Crippen LogP contribution in [-0.2, 0) is 28.6 Å². The number of hydrogen-bond acceptors (Lipinski definition) is 8. The quantitative estimate of drug-likeness (QED) is 0.247. The SMILES string of the molecule is C=CC(=O)OCOc1ccc(C(=O)OC2CCC(OC(=O)C3CCC(C(=O)O)CC3)CC2)cc1. The number of rotatable bonds is 9. The molecule has 0 aromatic heterocycles. The molecule has 184 valence electrons. The maximum Gasteiger partial charge on any atom is 0.338 e. The number of aliphatic carboxylic acids is 1. The van der Waals surface area contributed by atoms with Crippen molar-refractivity contribution in [1.29, 1.82) is 0 Å². The van der Waals surface area contributed by atoms with Crippen molar-refractivity contribution in [3.8, 4) is 5.75 Å². The molecule has 9 heteroatoms. The zero-order valence-electron chi connectivity index (χ0n) is 19.0. The van der Waals surface area contributed by atoms with Gasteiger partial charge in [-0.2, -0.15) is 0 Å². The lowest BCUT2D eigenvalue weighted by atomic mass is 9.82. The van der Waals surface area contributed by atoms with E-state index in [0.717, 1.165) is 6.08 Å². The molecule has 0 amide bonds. The average molecular weight is 475 g/mol. The highest BCUT2D eigenvalue weighted by molar-refractivity contribution is 5.89. The van der Waals surface area contributed by atoms with Gasteiger partial charge in [0.2, 0.25) is 6.79 Å². The molecule has 9 nitrogen and oxygen atoms in total. The van der Waals surface area contributed by atoms with Crippen molar-refractivity contribution in [2.24, 2.45) is 11.8 Å². The van der Waals surface area contributed by atoms with Crippen LogP contribution in [0.25, 0.3) is 0 Å². The topological polar surface area (TPSA) is 125 Å². The van der Waals surface area contributed by atoms with E-state index in [9.17, 15) is 19.2 Å². The third-order valence-electron chi connectivity index (χ3n) is 6.27. The standard InChI is InChI=1S/C25H30O9/c1-2-22(26)32-15-31-19-9-7-18(8-10-19)25(30)34-21-13-11-20(12-14-21)33-24(29)17-5-3-16(4-6-17)23(27)28/h2,7-10,16-17,20-21H,1,3-6,11-15H2,(H,27,28). The van der Waals surface area contributed by atoms with E-state index >= 15 is 0 Å². The minimum Gasteiger partial charge on any atom is -0.481 e. The molecule has 3 rings (SSSR count). The van der Waals surface area contributed by atoms with E-state index in [4.69, 9.17) is 24.1 Å². The smallest absolute Gasteiger partial charge is 0.338 e. The molecule has 1 aromatic carbocycles. The van der Waals surface area contributed by atoms with Gasteiger partial charge < -0.3 is 24.1 Å². The molecule has 1 N–H and O–H groups in total. The van der Waals surface area contributed by atoms with Gasteiger partial charge in [-0.15, -0.1) is 0 Å². The zero-order chi connectivity index (χ0) is 24.5. The van der Waals surface area contributed by atoms with Crippen LogP contribution in [0.2, 0.25) is 0 Å². The van der Waals surface area contributed by atoms with Gasteiger partial charge >= 0.3 is 23.9 Å². The van der Waals surface area contributed by atoms with E-state index in [1.54, 1.807) is 24.3 Å². The van der Waals surface area contributed by atoms with Crippen molar-refractivity contribution in [1.82, 2.24) is 0 Å². The lowest BCUT2D eigenvalue weighted by Crippen LogP contribution is -2.33. The first-order chi connectivity index (χ1) is 16.4. The minimum absolute atomic E-state index is 0.203. The second-order valence-electron chi connectivity index (χ2n) is 8.58. The summed E-state index contributed by atoms with van der Waals surface area (Å²) in [6, 6.07) is 6.30. The maximum absolute atomic E-state index is 12.4. The van der Waals surface area contributed by atoms with E-state index < -0.39 is 17.9 Å². The highest BCUT2D eigenvalue weighted by Crippen LogP contribution is 2.31. The molecule has 34 heavy (non-hydrogen) atoms. The molecule has 2 fully saturated rings. The minimum atomic E-state index is -0.796. The molecule has 0 bridgehead atoms. The van der Waals surface area contributed by atoms with E-state index in [1.165, 1.54) is 0 Å². The summed E-state index contributed by atoms with van der Waals surface area (Å²) in [6.45, 7) is 3.03. The van der Waals surface area contributed by atoms with Crippen molar-refractivity contribution in [2.45, 2.75) is 63.6 Å². The number of carboxylic acid groups (broad SMARTS) is 1. The van der Waals surface area contributed by atoms with E-state index in [2.05, 4.69) is 6.58 Å². The second kappa shape index (κ2) is 12.2.